The lowest BCUT2D eigenvalue weighted by atomic mass is 9.94. The van der Waals surface area contributed by atoms with Crippen molar-refractivity contribution in [2.75, 3.05) is 20.2 Å². The van der Waals surface area contributed by atoms with Gasteiger partial charge >= 0.3 is 5.97 Å². The Balaban J connectivity index is 1.51. The van der Waals surface area contributed by atoms with Gasteiger partial charge in [-0.25, -0.2) is 0 Å². The van der Waals surface area contributed by atoms with Crippen LogP contribution in [-0.4, -0.2) is 50.8 Å². The molecule has 0 aliphatic carbocycles. The van der Waals surface area contributed by atoms with Crippen molar-refractivity contribution in [2.24, 2.45) is 5.92 Å². The fourth-order valence-corrected chi connectivity index (χ4v) is 5.55. The Labute approximate surface area is 196 Å². The van der Waals surface area contributed by atoms with Crippen LogP contribution >= 0.6 is 27.3 Å². The highest BCUT2D eigenvalue weighted by atomic mass is 79.9. The Hall–Kier alpha value is -2.69. The molecule has 0 bridgehead atoms. The zero-order valence-electron chi connectivity index (χ0n) is 17.3. The number of carbonyl (C=O) groups excluding carboxylic acids is 1. The zero-order chi connectivity index (χ0) is 22.2. The van der Waals surface area contributed by atoms with Gasteiger partial charge in [0.15, 0.2) is 5.76 Å². The van der Waals surface area contributed by atoms with Gasteiger partial charge in [0.25, 0.3) is 0 Å². The summed E-state index contributed by atoms with van der Waals surface area (Å²) in [5, 5.41) is 15.6. The third-order valence-corrected chi connectivity index (χ3v) is 7.41. The number of hydrogen-bond acceptors (Lipinski definition) is 8. The molecule has 0 saturated carbocycles. The Morgan fingerprint density at radius 3 is 2.66 bits per heavy atom. The van der Waals surface area contributed by atoms with Crippen LogP contribution in [0.25, 0.3) is 16.5 Å². The maximum absolute atomic E-state index is 12.0. The quantitative estimate of drug-likeness (QED) is 0.390. The average molecular weight is 517 g/mol. The van der Waals surface area contributed by atoms with Crippen LogP contribution in [0.2, 0.25) is 0 Å². The van der Waals surface area contributed by atoms with E-state index in [0.717, 1.165) is 14.9 Å². The van der Waals surface area contributed by atoms with Crippen LogP contribution < -0.4 is 0 Å². The molecule has 1 atom stereocenters. The van der Waals surface area contributed by atoms with E-state index in [9.17, 15) is 9.90 Å². The zero-order valence-corrected chi connectivity index (χ0v) is 19.7. The van der Waals surface area contributed by atoms with Crippen LogP contribution in [0.5, 0.6) is 5.88 Å². The lowest BCUT2D eigenvalue weighted by Crippen LogP contribution is -2.39. The second-order valence-corrected chi connectivity index (χ2v) is 9.61. The summed E-state index contributed by atoms with van der Waals surface area (Å²) in [5.74, 6) is 0.808. The van der Waals surface area contributed by atoms with Crippen molar-refractivity contribution in [1.82, 2.24) is 19.5 Å². The van der Waals surface area contributed by atoms with Gasteiger partial charge in [-0.05, 0) is 55.8 Å². The van der Waals surface area contributed by atoms with Crippen molar-refractivity contribution in [3.8, 4) is 17.5 Å². The predicted molar refractivity (Wildman–Crippen MR) is 123 cm³/mol. The largest absolute Gasteiger partial charge is 0.492 e. The highest BCUT2D eigenvalue weighted by Gasteiger charge is 2.34. The second kappa shape index (κ2) is 8.68. The minimum Gasteiger partial charge on any atom is -0.492 e. The number of thiazole rings is 1. The second-order valence-electron chi connectivity index (χ2n) is 7.68. The van der Waals surface area contributed by atoms with Gasteiger partial charge in [0, 0.05) is 4.47 Å². The first-order valence-electron chi connectivity index (χ1n) is 10.2. The number of piperidine rings is 1. The third kappa shape index (κ3) is 3.82. The fraction of sp³-hybridized carbons (Fsp3) is 0.318. The first-order chi connectivity index (χ1) is 15.5. The van der Waals surface area contributed by atoms with E-state index in [1.807, 2.05) is 24.3 Å². The van der Waals surface area contributed by atoms with Gasteiger partial charge in [0.1, 0.15) is 0 Å². The van der Waals surface area contributed by atoms with E-state index >= 15 is 0 Å². The molecule has 0 radical (unpaired) electrons. The predicted octanol–water partition coefficient (Wildman–Crippen LogP) is 4.49. The van der Waals surface area contributed by atoms with E-state index in [0.29, 0.717) is 42.5 Å². The topological polar surface area (TPSA) is 93.1 Å². The SMILES string of the molecule is COC(=O)C1CCN([C@@H](c2ccc(Br)cc2)c2sc3nc(-c4ccco4)nn3c2O)CC1. The molecule has 1 aliphatic heterocycles. The normalized spacial score (nSPS) is 16.4. The van der Waals surface area contributed by atoms with E-state index in [4.69, 9.17) is 9.15 Å². The molecule has 0 amide bonds. The Kier molecular flexibility index (Phi) is 5.75. The number of aromatic nitrogens is 3. The van der Waals surface area contributed by atoms with Crippen molar-refractivity contribution in [1.29, 1.82) is 0 Å². The molecule has 0 spiro atoms. The molecule has 1 aliphatic rings. The number of rotatable bonds is 5. The lowest BCUT2D eigenvalue weighted by molar-refractivity contribution is -0.147. The van der Waals surface area contributed by atoms with Crippen LogP contribution in [0.1, 0.15) is 29.3 Å². The molecule has 10 heteroatoms. The van der Waals surface area contributed by atoms with Gasteiger partial charge in [-0.2, -0.15) is 9.50 Å². The molecule has 8 nitrogen and oxygen atoms in total. The molecule has 1 N–H and O–H groups in total. The van der Waals surface area contributed by atoms with Crippen LogP contribution in [-0.2, 0) is 9.53 Å². The third-order valence-electron chi connectivity index (χ3n) is 5.80. The minimum absolute atomic E-state index is 0.0679. The van der Waals surface area contributed by atoms with Crippen molar-refractivity contribution in [3.63, 3.8) is 0 Å². The average Bonchev–Trinajstić information content (AvgIpc) is 3.54. The molecular weight excluding hydrogens is 496 g/mol. The number of ether oxygens (including phenoxy) is 1. The number of methoxy groups -OCH3 is 1. The summed E-state index contributed by atoms with van der Waals surface area (Å²) in [6, 6.07) is 11.5. The first-order valence-corrected chi connectivity index (χ1v) is 11.9. The number of carbonyl (C=O) groups is 1. The molecular formula is C22H21BrN4O4S. The van der Waals surface area contributed by atoms with Crippen LogP contribution in [0.15, 0.2) is 51.6 Å². The number of hydrogen-bond donors (Lipinski definition) is 1. The minimum atomic E-state index is -0.178. The molecule has 5 rings (SSSR count). The van der Waals surface area contributed by atoms with E-state index in [1.54, 1.807) is 18.4 Å². The van der Waals surface area contributed by atoms with E-state index < -0.39 is 0 Å². The Morgan fingerprint density at radius 2 is 2.03 bits per heavy atom. The lowest BCUT2D eigenvalue weighted by Gasteiger charge is -2.36. The fourth-order valence-electron chi connectivity index (χ4n) is 4.17. The van der Waals surface area contributed by atoms with Gasteiger partial charge in [-0.3, -0.25) is 9.69 Å². The van der Waals surface area contributed by atoms with Gasteiger partial charge in [-0.1, -0.05) is 39.4 Å². The standard InChI is InChI=1S/C22H21BrN4O4S/c1-30-21(29)14-8-10-26(11-9-14)17(13-4-6-15(23)7-5-13)18-20(28)27-22(32-18)24-19(25-27)16-3-2-12-31-16/h2-7,12,14,17,28H,8-11H2,1H3/t17-/m0/s1. The van der Waals surface area contributed by atoms with Crippen molar-refractivity contribution >= 4 is 38.2 Å². The molecule has 1 saturated heterocycles. The number of esters is 1. The van der Waals surface area contributed by atoms with Crippen molar-refractivity contribution < 1.29 is 19.1 Å². The highest BCUT2D eigenvalue weighted by molar-refractivity contribution is 9.10. The number of furan rings is 1. The molecule has 1 aromatic carbocycles. The number of nitrogens with zero attached hydrogens (tertiary/aromatic N) is 4. The van der Waals surface area contributed by atoms with E-state index in [2.05, 4.69) is 30.9 Å². The summed E-state index contributed by atoms with van der Waals surface area (Å²) in [6.07, 6.45) is 2.99. The molecule has 1 fully saturated rings. The smallest absolute Gasteiger partial charge is 0.308 e. The van der Waals surface area contributed by atoms with Gasteiger partial charge in [-0.15, -0.1) is 5.10 Å². The molecule has 4 heterocycles. The summed E-state index contributed by atoms with van der Waals surface area (Å²) in [6.45, 7) is 1.43. The summed E-state index contributed by atoms with van der Waals surface area (Å²) in [5.41, 5.74) is 1.05. The maximum atomic E-state index is 12.0. The maximum Gasteiger partial charge on any atom is 0.308 e. The monoisotopic (exact) mass is 516 g/mol. The summed E-state index contributed by atoms with van der Waals surface area (Å²) in [4.78, 5) is 20.2. The summed E-state index contributed by atoms with van der Waals surface area (Å²) in [7, 11) is 1.43. The van der Waals surface area contributed by atoms with Gasteiger partial charge < -0.3 is 14.3 Å². The number of fused-ring (bicyclic) bond motifs is 1. The molecule has 4 aromatic rings. The summed E-state index contributed by atoms with van der Waals surface area (Å²) < 4.78 is 12.8. The van der Waals surface area contributed by atoms with E-state index in [-0.39, 0.29) is 23.8 Å². The number of likely N-dealkylation sites (tertiary alicyclic amines) is 1. The number of benzene rings is 1. The first kappa shape index (κ1) is 21.2. The molecule has 0 unspecified atom stereocenters. The number of aromatic hydroxyl groups is 1. The summed E-state index contributed by atoms with van der Waals surface area (Å²) >= 11 is 4.90. The Bertz CT molecular complexity index is 1230. The van der Waals surface area contributed by atoms with Crippen molar-refractivity contribution in [3.05, 3.63) is 57.6 Å². The van der Waals surface area contributed by atoms with Crippen LogP contribution in [0.4, 0.5) is 0 Å². The molecule has 3 aromatic heterocycles. The van der Waals surface area contributed by atoms with Gasteiger partial charge in [0.05, 0.1) is 30.2 Å². The van der Waals surface area contributed by atoms with Crippen molar-refractivity contribution in [2.45, 2.75) is 18.9 Å². The van der Waals surface area contributed by atoms with Crippen LogP contribution in [0.3, 0.4) is 0 Å². The van der Waals surface area contributed by atoms with Gasteiger partial charge in [0.2, 0.25) is 16.7 Å². The highest BCUT2D eigenvalue weighted by Crippen LogP contribution is 2.42. The van der Waals surface area contributed by atoms with E-state index in [1.165, 1.54) is 23.0 Å². The number of halogens is 1. The van der Waals surface area contributed by atoms with Crippen LogP contribution in [0, 0.1) is 5.92 Å². The Morgan fingerprint density at radius 1 is 1.28 bits per heavy atom. The molecule has 166 valence electrons. The molecule has 32 heavy (non-hydrogen) atoms.